The Labute approximate surface area is 133 Å². The number of carbonyl (C=O) groups is 2. The summed E-state index contributed by atoms with van der Waals surface area (Å²) in [6.45, 7) is 7.36. The van der Waals surface area contributed by atoms with Crippen LogP contribution in [0.5, 0.6) is 0 Å². The van der Waals surface area contributed by atoms with Gasteiger partial charge in [-0.25, -0.2) is 0 Å². The van der Waals surface area contributed by atoms with Crippen LogP contribution in [0.2, 0.25) is 0 Å². The highest BCUT2D eigenvalue weighted by Gasteiger charge is 2.45. The summed E-state index contributed by atoms with van der Waals surface area (Å²) in [7, 11) is 0. The van der Waals surface area contributed by atoms with Gasteiger partial charge in [-0.3, -0.25) is 14.7 Å². The summed E-state index contributed by atoms with van der Waals surface area (Å²) in [5.41, 5.74) is 1.27. The fourth-order valence-corrected chi connectivity index (χ4v) is 2.74. The molecule has 0 spiro atoms. The molecule has 1 aromatic heterocycles. The van der Waals surface area contributed by atoms with Crippen molar-refractivity contribution in [2.24, 2.45) is 5.41 Å². The fourth-order valence-electron chi connectivity index (χ4n) is 2.74. The quantitative estimate of drug-likeness (QED) is 0.894. The summed E-state index contributed by atoms with van der Waals surface area (Å²) in [5.74, 6) is 0.394. The zero-order valence-corrected chi connectivity index (χ0v) is 13.5. The van der Waals surface area contributed by atoms with Gasteiger partial charge in [0.15, 0.2) is 0 Å². The largest absolute Gasteiger partial charge is 0.351 e. The number of carbonyl (C=O) groups excluding carboxylic acids is 2. The highest BCUT2D eigenvalue weighted by Crippen LogP contribution is 2.45. The predicted molar refractivity (Wildman–Crippen MR) is 86.7 cm³/mol. The van der Waals surface area contributed by atoms with Crippen molar-refractivity contribution in [1.82, 2.24) is 20.4 Å². The first-order chi connectivity index (χ1) is 10.4. The van der Waals surface area contributed by atoms with E-state index >= 15 is 0 Å². The van der Waals surface area contributed by atoms with Crippen molar-refractivity contribution < 1.29 is 12.4 Å². The molecule has 1 aromatic rings. The number of H-pyrrole nitrogens is 1. The van der Waals surface area contributed by atoms with Crippen LogP contribution in [0.4, 0.5) is 0 Å². The number of rotatable bonds is 4. The molecule has 2 N–H and O–H groups in total. The maximum Gasteiger partial charge on any atom is 0.274 e. The standard InChI is InChI=1S/C16H24N4O2.2H2/c1-10(2)12-8-13(19-18-12)14(21)20-7-4-11(9-20)17-15(22)16(3)5-6-16;;/h8,10-11H,4-7,9H2,1-3H3,(H,17,22)(H,18,19);2*1H/t11-;;/m1../s1. The normalized spacial score (nSPS) is 22.9. The second-order valence-corrected chi connectivity index (χ2v) is 7.13. The highest BCUT2D eigenvalue weighted by molar-refractivity contribution is 5.92. The van der Waals surface area contributed by atoms with Crippen molar-refractivity contribution in [3.63, 3.8) is 0 Å². The zero-order valence-electron chi connectivity index (χ0n) is 13.5. The summed E-state index contributed by atoms with van der Waals surface area (Å²) in [4.78, 5) is 26.3. The lowest BCUT2D eigenvalue weighted by atomic mass is 10.1. The second-order valence-electron chi connectivity index (χ2n) is 7.13. The van der Waals surface area contributed by atoms with Crippen molar-refractivity contribution in [2.75, 3.05) is 13.1 Å². The maximum atomic E-state index is 12.5. The number of hydrogen-bond donors (Lipinski definition) is 2. The van der Waals surface area contributed by atoms with Crippen LogP contribution in [0.1, 0.15) is 65.0 Å². The highest BCUT2D eigenvalue weighted by atomic mass is 16.2. The minimum absolute atomic E-state index is 0. The average molecular weight is 308 g/mol. The number of likely N-dealkylation sites (tertiary alicyclic amines) is 1. The van der Waals surface area contributed by atoms with Crippen LogP contribution in [0.25, 0.3) is 0 Å². The molecule has 2 fully saturated rings. The van der Waals surface area contributed by atoms with Gasteiger partial charge >= 0.3 is 0 Å². The summed E-state index contributed by atoms with van der Waals surface area (Å²) in [5, 5.41) is 10.1. The van der Waals surface area contributed by atoms with Crippen LogP contribution in [0, 0.1) is 5.41 Å². The molecule has 3 rings (SSSR count). The Bertz CT molecular complexity index is 599. The maximum absolute atomic E-state index is 12.5. The molecule has 0 unspecified atom stereocenters. The summed E-state index contributed by atoms with van der Waals surface area (Å²) >= 11 is 0. The monoisotopic (exact) mass is 308 g/mol. The Morgan fingerprint density at radius 3 is 2.82 bits per heavy atom. The molecular weight excluding hydrogens is 280 g/mol. The van der Waals surface area contributed by atoms with Crippen molar-refractivity contribution >= 4 is 11.8 Å². The van der Waals surface area contributed by atoms with Crippen LogP contribution in [-0.4, -0.2) is 46.0 Å². The van der Waals surface area contributed by atoms with Gasteiger partial charge in [-0.15, -0.1) is 0 Å². The molecule has 6 heteroatoms. The zero-order chi connectivity index (χ0) is 15.9. The lowest BCUT2D eigenvalue weighted by Gasteiger charge is -2.17. The van der Waals surface area contributed by atoms with Gasteiger partial charge in [-0.2, -0.15) is 5.10 Å². The smallest absolute Gasteiger partial charge is 0.274 e. The van der Waals surface area contributed by atoms with E-state index in [-0.39, 0.29) is 26.1 Å². The van der Waals surface area contributed by atoms with Gasteiger partial charge in [-0.05, 0) is 31.2 Å². The Kier molecular flexibility index (Phi) is 3.70. The molecule has 1 aliphatic heterocycles. The number of hydrogen-bond acceptors (Lipinski definition) is 3. The van der Waals surface area contributed by atoms with E-state index in [1.165, 1.54) is 0 Å². The van der Waals surface area contributed by atoms with E-state index in [1.807, 2.05) is 13.0 Å². The van der Waals surface area contributed by atoms with Gasteiger partial charge in [0.25, 0.3) is 5.91 Å². The summed E-state index contributed by atoms with van der Waals surface area (Å²) in [6.07, 6.45) is 2.76. The molecule has 1 saturated carbocycles. The van der Waals surface area contributed by atoms with Crippen LogP contribution >= 0.6 is 0 Å². The van der Waals surface area contributed by atoms with Crippen LogP contribution in [0.15, 0.2) is 6.07 Å². The minimum atomic E-state index is -0.161. The molecule has 0 radical (unpaired) electrons. The molecule has 1 atom stereocenters. The SMILES string of the molecule is CC(C)c1cc(C(=O)N2CC[C@@H](NC(=O)C3(C)CC3)C2)n[nH]1.[HH].[HH]. The Balaban J connectivity index is 0.00000144. The van der Waals surface area contributed by atoms with Crippen molar-refractivity contribution in [2.45, 2.75) is 52.0 Å². The van der Waals surface area contributed by atoms with Gasteiger partial charge < -0.3 is 10.2 Å². The number of nitrogens with one attached hydrogen (secondary N) is 2. The predicted octanol–water partition coefficient (Wildman–Crippen LogP) is 2.16. The average Bonchev–Trinajstić information content (AvgIpc) is 2.95. The van der Waals surface area contributed by atoms with E-state index < -0.39 is 0 Å². The molecule has 0 bridgehead atoms. The lowest BCUT2D eigenvalue weighted by molar-refractivity contribution is -0.126. The molecule has 6 nitrogen and oxygen atoms in total. The van der Waals surface area contributed by atoms with E-state index in [9.17, 15) is 9.59 Å². The topological polar surface area (TPSA) is 78.1 Å². The number of aromatic nitrogens is 2. The number of aromatic amines is 1. The first-order valence-electron chi connectivity index (χ1n) is 8.04. The molecule has 22 heavy (non-hydrogen) atoms. The fraction of sp³-hybridized carbons (Fsp3) is 0.688. The Hall–Kier alpha value is -1.85. The van der Waals surface area contributed by atoms with Gasteiger partial charge in [0.2, 0.25) is 5.91 Å². The van der Waals surface area contributed by atoms with E-state index in [0.29, 0.717) is 24.7 Å². The third-order valence-electron chi connectivity index (χ3n) is 4.80. The van der Waals surface area contributed by atoms with E-state index in [4.69, 9.17) is 0 Å². The third-order valence-corrected chi connectivity index (χ3v) is 4.80. The third kappa shape index (κ3) is 2.87. The van der Waals surface area contributed by atoms with Crippen molar-refractivity contribution in [3.05, 3.63) is 17.5 Å². The van der Waals surface area contributed by atoms with Gasteiger partial charge in [0.1, 0.15) is 5.69 Å². The van der Waals surface area contributed by atoms with Crippen molar-refractivity contribution in [3.8, 4) is 0 Å². The molecule has 2 amide bonds. The lowest BCUT2D eigenvalue weighted by Crippen LogP contribution is -2.41. The Morgan fingerprint density at radius 2 is 2.23 bits per heavy atom. The molecule has 2 aliphatic rings. The van der Waals surface area contributed by atoms with Crippen LogP contribution in [-0.2, 0) is 4.79 Å². The van der Waals surface area contributed by atoms with Crippen LogP contribution < -0.4 is 5.32 Å². The molecule has 0 aromatic carbocycles. The molecular formula is C16H28N4O2. The Morgan fingerprint density at radius 1 is 1.50 bits per heavy atom. The molecule has 1 saturated heterocycles. The molecule has 124 valence electrons. The number of amides is 2. The second kappa shape index (κ2) is 5.41. The number of nitrogens with zero attached hydrogens (tertiary/aromatic N) is 2. The van der Waals surface area contributed by atoms with E-state index in [2.05, 4.69) is 29.4 Å². The van der Waals surface area contributed by atoms with Crippen LogP contribution in [0.3, 0.4) is 0 Å². The van der Waals surface area contributed by atoms with Crippen molar-refractivity contribution in [1.29, 1.82) is 0 Å². The van der Waals surface area contributed by atoms with Gasteiger partial charge in [-0.1, -0.05) is 20.8 Å². The minimum Gasteiger partial charge on any atom is -0.351 e. The summed E-state index contributed by atoms with van der Waals surface area (Å²) in [6, 6.07) is 1.89. The molecule has 1 aliphatic carbocycles. The summed E-state index contributed by atoms with van der Waals surface area (Å²) < 4.78 is 0. The van der Waals surface area contributed by atoms with Gasteiger partial charge in [0, 0.05) is 33.1 Å². The van der Waals surface area contributed by atoms with E-state index in [1.54, 1.807) is 4.90 Å². The van der Waals surface area contributed by atoms with E-state index in [0.717, 1.165) is 25.0 Å². The van der Waals surface area contributed by atoms with Gasteiger partial charge in [0.05, 0.1) is 0 Å². The first-order valence-corrected chi connectivity index (χ1v) is 8.04. The first kappa shape index (κ1) is 15.1. The molecule has 2 heterocycles.